The quantitative estimate of drug-likeness (QED) is 0.378. The van der Waals surface area contributed by atoms with E-state index in [1.165, 1.54) is 9.80 Å². The Morgan fingerprint density at radius 1 is 0.915 bits per heavy atom. The fourth-order valence-corrected chi connectivity index (χ4v) is 6.61. The molecule has 0 radical (unpaired) electrons. The molecule has 3 heterocycles. The zero-order valence-electron chi connectivity index (χ0n) is 27.0. The van der Waals surface area contributed by atoms with E-state index in [1.807, 2.05) is 44.2 Å². The van der Waals surface area contributed by atoms with Crippen LogP contribution in [0.15, 0.2) is 60.7 Å². The highest BCUT2D eigenvalue weighted by Gasteiger charge is 2.41. The highest BCUT2D eigenvalue weighted by Crippen LogP contribution is 2.22. The third-order valence-electron chi connectivity index (χ3n) is 9.02. The first-order valence-corrected chi connectivity index (χ1v) is 16.5. The molecule has 5 amide bonds. The molecule has 0 aromatic heterocycles. The van der Waals surface area contributed by atoms with Gasteiger partial charge in [0.2, 0.25) is 23.6 Å². The maximum Gasteiger partial charge on any atom is 0.254 e. The fourth-order valence-electron chi connectivity index (χ4n) is 6.61. The highest BCUT2D eigenvalue weighted by atomic mass is 16.5. The number of amides is 5. The van der Waals surface area contributed by atoms with Crippen LogP contribution in [-0.2, 0) is 30.3 Å². The van der Waals surface area contributed by atoms with Gasteiger partial charge in [-0.3, -0.25) is 24.0 Å². The molecule has 3 aliphatic heterocycles. The number of fused-ring (bicyclic) bond motifs is 3. The van der Waals surface area contributed by atoms with Gasteiger partial charge in [0, 0.05) is 25.1 Å². The van der Waals surface area contributed by atoms with Crippen molar-refractivity contribution in [3.8, 4) is 0 Å². The second-order valence-corrected chi connectivity index (χ2v) is 13.0. The molecule has 0 spiro atoms. The van der Waals surface area contributed by atoms with Gasteiger partial charge < -0.3 is 35.6 Å². The van der Waals surface area contributed by atoms with Crippen LogP contribution in [0.2, 0.25) is 0 Å². The molecule has 4 N–H and O–H groups in total. The average Bonchev–Trinajstić information content (AvgIpc) is 3.55. The Balaban J connectivity index is 1.51. The predicted octanol–water partition coefficient (Wildman–Crippen LogP) is 1.03. The van der Waals surface area contributed by atoms with Crippen LogP contribution in [0.1, 0.15) is 55.5 Å². The molecule has 47 heavy (non-hydrogen) atoms. The second kappa shape index (κ2) is 15.5. The maximum absolute atomic E-state index is 14.1. The highest BCUT2D eigenvalue weighted by molar-refractivity contribution is 5.98. The smallest absolute Gasteiger partial charge is 0.254 e. The molecule has 252 valence electrons. The topological polar surface area (TPSA) is 157 Å². The van der Waals surface area contributed by atoms with E-state index in [4.69, 9.17) is 4.74 Å². The Hall–Kier alpha value is -4.29. The Labute approximate surface area is 275 Å². The molecule has 0 saturated carbocycles. The number of hydrogen-bond donors (Lipinski definition) is 4. The van der Waals surface area contributed by atoms with Gasteiger partial charge in [-0.2, -0.15) is 0 Å². The lowest BCUT2D eigenvalue weighted by molar-refractivity contribution is -0.142. The van der Waals surface area contributed by atoms with Crippen molar-refractivity contribution < 1.29 is 33.8 Å². The van der Waals surface area contributed by atoms with Crippen molar-refractivity contribution in [1.82, 2.24) is 25.8 Å². The number of aliphatic hydroxyl groups excluding tert-OH is 1. The number of rotatable bonds is 5. The monoisotopic (exact) mass is 647 g/mol. The lowest BCUT2D eigenvalue weighted by Crippen LogP contribution is -2.60. The van der Waals surface area contributed by atoms with E-state index in [9.17, 15) is 29.1 Å². The standard InChI is InChI=1S/C35H45N5O7/c1-22(2)18-26-32(43)37-25-15-17-47-29(31(25)42)20-39(34(45)24-12-7-4-8-13-24)21-30(41)36-27(19-23-10-5-3-6-11-23)35(46)40-16-9-14-28(40)33(44)38-26/h3-8,10-13,22,25-29,31,42H,9,14-21H2,1-2H3,(H,36,41)(H,37,43)(H,38,44)/t25-,26+,27-,28+,29+,31-/m0/s1. The molecule has 5 rings (SSSR count). The van der Waals surface area contributed by atoms with Crippen LogP contribution in [0, 0.1) is 5.92 Å². The van der Waals surface area contributed by atoms with Crippen molar-refractivity contribution in [2.45, 2.75) is 82.3 Å². The summed E-state index contributed by atoms with van der Waals surface area (Å²) in [7, 11) is 0. The number of ether oxygens (including phenoxy) is 1. The Morgan fingerprint density at radius 3 is 2.32 bits per heavy atom. The molecular weight excluding hydrogens is 602 g/mol. The molecule has 2 aromatic carbocycles. The van der Waals surface area contributed by atoms with Crippen molar-refractivity contribution >= 4 is 29.5 Å². The number of nitrogens with one attached hydrogen (secondary N) is 3. The number of carbonyl (C=O) groups excluding carboxylic acids is 5. The van der Waals surface area contributed by atoms with E-state index in [2.05, 4.69) is 16.0 Å². The van der Waals surface area contributed by atoms with Crippen LogP contribution in [0.4, 0.5) is 0 Å². The van der Waals surface area contributed by atoms with Crippen molar-refractivity contribution in [2.75, 3.05) is 26.2 Å². The third-order valence-corrected chi connectivity index (χ3v) is 9.02. The number of aliphatic hydroxyl groups is 1. The minimum atomic E-state index is -1.19. The first kappa shape index (κ1) is 34.1. The number of benzene rings is 2. The molecule has 2 aromatic rings. The molecule has 6 atom stereocenters. The zero-order chi connectivity index (χ0) is 33.5. The molecule has 12 heteroatoms. The fraction of sp³-hybridized carbons (Fsp3) is 0.514. The normalized spacial score (nSPS) is 27.8. The Bertz CT molecular complexity index is 1420. The van der Waals surface area contributed by atoms with Gasteiger partial charge in [-0.25, -0.2) is 0 Å². The summed E-state index contributed by atoms with van der Waals surface area (Å²) in [5.41, 5.74) is 1.16. The number of hydrogen-bond acceptors (Lipinski definition) is 7. The first-order valence-electron chi connectivity index (χ1n) is 16.5. The summed E-state index contributed by atoms with van der Waals surface area (Å²) in [5.74, 6) is -2.23. The molecule has 3 saturated heterocycles. The first-order chi connectivity index (χ1) is 22.6. The largest absolute Gasteiger partial charge is 0.388 e. The summed E-state index contributed by atoms with van der Waals surface area (Å²) in [4.78, 5) is 71.7. The van der Waals surface area contributed by atoms with E-state index in [1.54, 1.807) is 30.3 Å². The summed E-state index contributed by atoms with van der Waals surface area (Å²) < 4.78 is 5.89. The van der Waals surface area contributed by atoms with E-state index in [-0.39, 0.29) is 25.5 Å². The molecule has 3 fully saturated rings. The van der Waals surface area contributed by atoms with E-state index in [0.29, 0.717) is 37.8 Å². The number of nitrogens with zero attached hydrogens (tertiary/aromatic N) is 2. The molecule has 2 bridgehead atoms. The summed E-state index contributed by atoms with van der Waals surface area (Å²) in [6.07, 6.45) is -0.238. The van der Waals surface area contributed by atoms with Crippen LogP contribution in [0.3, 0.4) is 0 Å². The van der Waals surface area contributed by atoms with Crippen LogP contribution < -0.4 is 16.0 Å². The van der Waals surface area contributed by atoms with Gasteiger partial charge in [0.1, 0.15) is 30.3 Å². The molecular formula is C35H45N5O7. The van der Waals surface area contributed by atoms with Crippen LogP contribution in [0.25, 0.3) is 0 Å². The minimum absolute atomic E-state index is 0.0665. The minimum Gasteiger partial charge on any atom is -0.388 e. The van der Waals surface area contributed by atoms with Gasteiger partial charge in [0.25, 0.3) is 5.91 Å². The van der Waals surface area contributed by atoms with Gasteiger partial charge in [-0.1, -0.05) is 62.4 Å². The van der Waals surface area contributed by atoms with Gasteiger partial charge in [0.15, 0.2) is 0 Å². The molecule has 12 nitrogen and oxygen atoms in total. The van der Waals surface area contributed by atoms with Crippen molar-refractivity contribution in [3.63, 3.8) is 0 Å². The summed E-state index contributed by atoms with van der Waals surface area (Å²) in [5, 5.41) is 20.0. The summed E-state index contributed by atoms with van der Waals surface area (Å²) in [6, 6.07) is 14.3. The van der Waals surface area contributed by atoms with E-state index in [0.717, 1.165) is 5.56 Å². The molecule has 3 aliphatic rings. The van der Waals surface area contributed by atoms with Crippen LogP contribution >= 0.6 is 0 Å². The van der Waals surface area contributed by atoms with Crippen molar-refractivity contribution in [2.24, 2.45) is 5.92 Å². The van der Waals surface area contributed by atoms with Crippen molar-refractivity contribution in [1.29, 1.82) is 0 Å². The van der Waals surface area contributed by atoms with E-state index >= 15 is 0 Å². The summed E-state index contributed by atoms with van der Waals surface area (Å²) in [6.45, 7) is 3.88. The molecule has 0 aliphatic carbocycles. The van der Waals surface area contributed by atoms with Gasteiger partial charge in [-0.15, -0.1) is 0 Å². The van der Waals surface area contributed by atoms with Gasteiger partial charge >= 0.3 is 0 Å². The lowest BCUT2D eigenvalue weighted by Gasteiger charge is -2.38. The predicted molar refractivity (Wildman–Crippen MR) is 173 cm³/mol. The summed E-state index contributed by atoms with van der Waals surface area (Å²) >= 11 is 0. The average molecular weight is 648 g/mol. The van der Waals surface area contributed by atoms with Gasteiger partial charge in [-0.05, 0) is 49.3 Å². The van der Waals surface area contributed by atoms with Crippen LogP contribution in [-0.4, -0.2) is 107 Å². The van der Waals surface area contributed by atoms with E-state index < -0.39 is 72.5 Å². The SMILES string of the molecule is CC(C)C[C@H]1NC(=O)[C@H]2CCCN2C(=O)[C@H](Cc2ccccc2)NC(=O)CN(C(=O)c2ccccc2)C[C@H]2OCC[C@H](NC1=O)[C@@H]2O. The van der Waals surface area contributed by atoms with Crippen LogP contribution in [0.5, 0.6) is 0 Å². The molecule has 0 unspecified atom stereocenters. The Kier molecular flexibility index (Phi) is 11.3. The second-order valence-electron chi connectivity index (χ2n) is 13.0. The number of carbonyl (C=O) groups is 5. The maximum atomic E-state index is 14.1. The Morgan fingerprint density at radius 2 is 1.62 bits per heavy atom. The van der Waals surface area contributed by atoms with Gasteiger partial charge in [0.05, 0.1) is 19.1 Å². The third kappa shape index (κ3) is 8.55. The lowest BCUT2D eigenvalue weighted by atomic mass is 9.97. The zero-order valence-corrected chi connectivity index (χ0v) is 27.0. The van der Waals surface area contributed by atoms with Crippen molar-refractivity contribution in [3.05, 3.63) is 71.8 Å².